The lowest BCUT2D eigenvalue weighted by atomic mass is 9.85. The minimum atomic E-state index is -1.62. The first kappa shape index (κ1) is 20.2. The van der Waals surface area contributed by atoms with Crippen molar-refractivity contribution < 1.29 is 28.5 Å². The van der Waals surface area contributed by atoms with Gasteiger partial charge in [0.05, 0.1) is 50.0 Å². The molecule has 0 aliphatic carbocycles. The van der Waals surface area contributed by atoms with Gasteiger partial charge < -0.3 is 23.7 Å². The van der Waals surface area contributed by atoms with Gasteiger partial charge in [-0.3, -0.25) is 9.69 Å². The normalized spacial score (nSPS) is 23.2. The molecule has 0 spiro atoms. The molecule has 1 aromatic carbocycles. The molecule has 2 atom stereocenters. The molecule has 0 radical (unpaired) electrons. The Hall–Kier alpha value is -3.09. The predicted molar refractivity (Wildman–Crippen MR) is 108 cm³/mol. The van der Waals surface area contributed by atoms with Crippen LogP contribution >= 0.6 is 11.8 Å². The summed E-state index contributed by atoms with van der Waals surface area (Å²) in [5, 5.41) is 21.6. The number of amides is 1. The first-order valence-corrected chi connectivity index (χ1v) is 10.1. The van der Waals surface area contributed by atoms with Crippen LogP contribution in [-0.2, 0) is 10.5 Å². The van der Waals surface area contributed by atoms with Crippen LogP contribution in [0.25, 0.3) is 0 Å². The van der Waals surface area contributed by atoms with Crippen molar-refractivity contribution in [1.29, 1.82) is 5.26 Å². The molecule has 156 valence electrons. The molecule has 2 aliphatic rings. The maximum Gasteiger partial charge on any atom is 0.231 e. The van der Waals surface area contributed by atoms with Gasteiger partial charge in [0.2, 0.25) is 17.4 Å². The van der Waals surface area contributed by atoms with E-state index < -0.39 is 11.6 Å². The van der Waals surface area contributed by atoms with Gasteiger partial charge in [0, 0.05) is 12.3 Å². The van der Waals surface area contributed by atoms with Crippen LogP contribution in [0.1, 0.15) is 23.7 Å². The first-order chi connectivity index (χ1) is 14.5. The predicted octanol–water partition coefficient (Wildman–Crippen LogP) is 2.95. The van der Waals surface area contributed by atoms with Gasteiger partial charge in [-0.1, -0.05) is 0 Å². The second-order valence-corrected chi connectivity index (χ2v) is 7.82. The fourth-order valence-corrected chi connectivity index (χ4v) is 5.24. The highest BCUT2D eigenvalue weighted by Gasteiger charge is 2.53. The molecule has 4 rings (SSSR count). The lowest BCUT2D eigenvalue weighted by Crippen LogP contribution is -2.48. The smallest absolute Gasteiger partial charge is 0.231 e. The minimum absolute atomic E-state index is 0.00854. The molecule has 1 N–H and O–H groups in total. The van der Waals surface area contributed by atoms with E-state index in [-0.39, 0.29) is 23.8 Å². The molecule has 0 unspecified atom stereocenters. The number of nitrogens with zero attached hydrogens (tertiary/aromatic N) is 2. The quantitative estimate of drug-likeness (QED) is 0.775. The number of nitriles is 1. The van der Waals surface area contributed by atoms with E-state index in [4.69, 9.17) is 18.6 Å². The lowest BCUT2D eigenvalue weighted by molar-refractivity contribution is -0.152. The molecule has 2 aromatic rings. The molecule has 30 heavy (non-hydrogen) atoms. The van der Waals surface area contributed by atoms with Gasteiger partial charge in [-0.25, -0.2) is 0 Å². The summed E-state index contributed by atoms with van der Waals surface area (Å²) >= 11 is 1.26. The summed E-state index contributed by atoms with van der Waals surface area (Å²) in [5.41, 5.74) is -0.532. The fourth-order valence-electron chi connectivity index (χ4n) is 3.90. The van der Waals surface area contributed by atoms with Gasteiger partial charge in [-0.2, -0.15) is 5.26 Å². The van der Waals surface area contributed by atoms with Crippen LogP contribution in [-0.4, -0.2) is 43.0 Å². The van der Waals surface area contributed by atoms with Gasteiger partial charge in [0.15, 0.2) is 17.3 Å². The SMILES string of the molecule is COc1cc([C@H]2CC(=O)N3C(=C2C#N)SC[C@@]3(O)c2ccco2)cc(OC)c1OC. The van der Waals surface area contributed by atoms with Crippen molar-refractivity contribution in [3.63, 3.8) is 0 Å². The number of aliphatic hydroxyl groups is 1. The van der Waals surface area contributed by atoms with Gasteiger partial charge in [0.1, 0.15) is 0 Å². The molecular weight excluding hydrogens is 408 g/mol. The number of carbonyl (C=O) groups is 1. The van der Waals surface area contributed by atoms with Crippen LogP contribution in [0.4, 0.5) is 0 Å². The average Bonchev–Trinajstić information content (AvgIpc) is 3.42. The Morgan fingerprint density at radius 1 is 1.27 bits per heavy atom. The number of methoxy groups -OCH3 is 3. The molecule has 0 bridgehead atoms. The summed E-state index contributed by atoms with van der Waals surface area (Å²) in [6.07, 6.45) is 1.45. The Bertz CT molecular complexity index is 1030. The molecule has 3 heterocycles. The zero-order chi connectivity index (χ0) is 21.5. The zero-order valence-corrected chi connectivity index (χ0v) is 17.5. The maximum atomic E-state index is 13.1. The topological polar surface area (TPSA) is 105 Å². The van der Waals surface area contributed by atoms with Gasteiger partial charge >= 0.3 is 0 Å². The lowest BCUT2D eigenvalue weighted by Gasteiger charge is -2.36. The number of thioether (sulfide) groups is 1. The average molecular weight is 428 g/mol. The summed E-state index contributed by atoms with van der Waals surface area (Å²) in [6, 6.07) is 8.99. The highest BCUT2D eigenvalue weighted by atomic mass is 32.2. The van der Waals surface area contributed by atoms with Crippen LogP contribution in [0.3, 0.4) is 0 Å². The minimum Gasteiger partial charge on any atom is -0.493 e. The number of ether oxygens (including phenoxy) is 3. The summed E-state index contributed by atoms with van der Waals surface area (Å²) < 4.78 is 21.6. The van der Waals surface area contributed by atoms with E-state index in [0.717, 1.165) is 0 Å². The van der Waals surface area contributed by atoms with E-state index in [1.165, 1.54) is 44.3 Å². The van der Waals surface area contributed by atoms with Crippen molar-refractivity contribution in [2.45, 2.75) is 18.1 Å². The highest BCUT2D eigenvalue weighted by molar-refractivity contribution is 8.03. The van der Waals surface area contributed by atoms with Crippen molar-refractivity contribution in [3.05, 3.63) is 52.5 Å². The molecular formula is C21H20N2O6S. The first-order valence-electron chi connectivity index (χ1n) is 9.14. The summed E-state index contributed by atoms with van der Waals surface area (Å²) in [6.45, 7) is 0. The molecule has 9 heteroatoms. The van der Waals surface area contributed by atoms with Crippen molar-refractivity contribution in [1.82, 2.24) is 4.90 Å². The van der Waals surface area contributed by atoms with Crippen molar-refractivity contribution in [2.24, 2.45) is 0 Å². The molecule has 0 saturated carbocycles. The van der Waals surface area contributed by atoms with Crippen LogP contribution in [0.15, 0.2) is 45.5 Å². The molecule has 2 aliphatic heterocycles. The van der Waals surface area contributed by atoms with Crippen molar-refractivity contribution >= 4 is 17.7 Å². The standard InChI is InChI=1S/C21H20N2O6S/c1-26-15-7-12(8-16(27-2)19(15)28-3)13-9-18(24)23-20(14(13)10-22)30-11-21(23,25)17-5-4-6-29-17/h4-8,13,25H,9,11H2,1-3H3/t13-,21-/m1/s1. The molecule has 1 amide bonds. The number of benzene rings is 1. The summed E-state index contributed by atoms with van der Waals surface area (Å²) in [4.78, 5) is 14.4. The number of carbonyl (C=O) groups excluding carboxylic acids is 1. The monoisotopic (exact) mass is 428 g/mol. The van der Waals surface area contributed by atoms with Crippen LogP contribution < -0.4 is 14.2 Å². The maximum absolute atomic E-state index is 13.1. The third kappa shape index (κ3) is 2.91. The highest BCUT2D eigenvalue weighted by Crippen LogP contribution is 2.52. The third-order valence-electron chi connectivity index (χ3n) is 5.32. The summed E-state index contributed by atoms with van der Waals surface area (Å²) in [7, 11) is 4.53. The van der Waals surface area contributed by atoms with E-state index in [1.54, 1.807) is 24.3 Å². The Morgan fingerprint density at radius 2 is 1.97 bits per heavy atom. The molecule has 1 fully saturated rings. The van der Waals surface area contributed by atoms with Crippen LogP contribution in [0.5, 0.6) is 17.2 Å². The molecule has 8 nitrogen and oxygen atoms in total. The summed E-state index contributed by atoms with van der Waals surface area (Å²) in [5.74, 6) is 0.947. The Labute approximate surface area is 177 Å². The van der Waals surface area contributed by atoms with E-state index in [0.29, 0.717) is 33.4 Å². The second-order valence-electron chi connectivity index (χ2n) is 6.86. The molecule has 1 saturated heterocycles. The van der Waals surface area contributed by atoms with E-state index >= 15 is 0 Å². The van der Waals surface area contributed by atoms with Gasteiger partial charge in [-0.15, -0.1) is 11.8 Å². The van der Waals surface area contributed by atoms with Crippen LogP contribution in [0.2, 0.25) is 0 Å². The number of fused-ring (bicyclic) bond motifs is 1. The number of hydrogen-bond acceptors (Lipinski definition) is 8. The Morgan fingerprint density at radius 3 is 2.50 bits per heavy atom. The second kappa shape index (κ2) is 7.63. The largest absolute Gasteiger partial charge is 0.493 e. The van der Waals surface area contributed by atoms with Crippen molar-refractivity contribution in [3.8, 4) is 23.3 Å². The Kier molecular flexibility index (Phi) is 5.13. The van der Waals surface area contributed by atoms with Crippen molar-refractivity contribution in [2.75, 3.05) is 27.1 Å². The molecule has 1 aromatic heterocycles. The van der Waals surface area contributed by atoms with Gasteiger partial charge in [0.25, 0.3) is 0 Å². The van der Waals surface area contributed by atoms with Gasteiger partial charge in [-0.05, 0) is 29.8 Å². The van der Waals surface area contributed by atoms with Crippen LogP contribution in [0, 0.1) is 11.3 Å². The zero-order valence-electron chi connectivity index (χ0n) is 16.7. The number of rotatable bonds is 5. The number of furan rings is 1. The van der Waals surface area contributed by atoms with E-state index in [1.807, 2.05) is 0 Å². The third-order valence-corrected chi connectivity index (χ3v) is 6.54. The number of allylic oxidation sites excluding steroid dienone is 1. The fraction of sp³-hybridized carbons (Fsp3) is 0.333. The van der Waals surface area contributed by atoms with E-state index in [9.17, 15) is 15.2 Å². The Balaban J connectivity index is 1.83. The van der Waals surface area contributed by atoms with E-state index in [2.05, 4.69) is 6.07 Å². The number of hydrogen-bond donors (Lipinski definition) is 1.